The minimum atomic E-state index is -0.572. The quantitative estimate of drug-likeness (QED) is 0.787. The average molecular weight is 360 g/mol. The van der Waals surface area contributed by atoms with Crippen LogP contribution in [0, 0.1) is 5.92 Å². The molecule has 1 atom stereocenters. The van der Waals surface area contributed by atoms with Gasteiger partial charge < -0.3 is 15.0 Å². The molecular weight excluding hydrogens is 336 g/mol. The summed E-state index contributed by atoms with van der Waals surface area (Å²) in [6.45, 7) is 4.25. The van der Waals surface area contributed by atoms with Gasteiger partial charge in [0, 0.05) is 11.9 Å². The number of amides is 2. The van der Waals surface area contributed by atoms with Crippen LogP contribution in [0.4, 0.5) is 0 Å². The maximum atomic E-state index is 12.7. The molecule has 2 aromatic rings. The Kier molecular flexibility index (Phi) is 7.01. The number of likely N-dealkylation sites (N-methyl/N-ethyl adjacent to an activating group) is 1. The molecule has 1 aromatic heterocycles. The van der Waals surface area contributed by atoms with Gasteiger partial charge in [-0.05, 0) is 29.5 Å². The standard InChI is InChI=1S/C19H24N2O3S/c1-14(2)18(19(23)21(3)12-16-10-7-11-25-16)20-17(22)13-24-15-8-5-4-6-9-15/h4-11,14,18H,12-13H2,1-3H3,(H,20,22). The second kappa shape index (κ2) is 9.22. The van der Waals surface area contributed by atoms with E-state index in [0.29, 0.717) is 12.3 Å². The fourth-order valence-electron chi connectivity index (χ4n) is 2.35. The third kappa shape index (κ3) is 5.90. The molecule has 6 heteroatoms. The van der Waals surface area contributed by atoms with E-state index in [-0.39, 0.29) is 24.3 Å². The Morgan fingerprint density at radius 3 is 2.48 bits per heavy atom. The van der Waals surface area contributed by atoms with Gasteiger partial charge in [-0.25, -0.2) is 0 Å². The summed E-state index contributed by atoms with van der Waals surface area (Å²) in [4.78, 5) is 27.6. The molecule has 2 rings (SSSR count). The molecule has 1 N–H and O–H groups in total. The number of benzene rings is 1. The first kappa shape index (κ1) is 19.0. The fourth-order valence-corrected chi connectivity index (χ4v) is 3.10. The molecule has 0 aliphatic carbocycles. The van der Waals surface area contributed by atoms with Crippen LogP contribution in [-0.2, 0) is 16.1 Å². The molecule has 5 nitrogen and oxygen atoms in total. The van der Waals surface area contributed by atoms with Gasteiger partial charge in [0.1, 0.15) is 11.8 Å². The van der Waals surface area contributed by atoms with E-state index in [2.05, 4.69) is 5.32 Å². The Morgan fingerprint density at radius 1 is 1.16 bits per heavy atom. The highest BCUT2D eigenvalue weighted by Gasteiger charge is 2.27. The molecule has 0 aliphatic rings. The number of carbonyl (C=O) groups excluding carboxylic acids is 2. The number of carbonyl (C=O) groups is 2. The van der Waals surface area contributed by atoms with Crippen molar-refractivity contribution in [1.82, 2.24) is 10.2 Å². The van der Waals surface area contributed by atoms with Gasteiger partial charge in [0.15, 0.2) is 6.61 Å². The number of para-hydroxylation sites is 1. The van der Waals surface area contributed by atoms with Crippen LogP contribution in [-0.4, -0.2) is 36.4 Å². The third-order valence-electron chi connectivity index (χ3n) is 3.71. The summed E-state index contributed by atoms with van der Waals surface area (Å²) in [7, 11) is 1.75. The Bertz CT molecular complexity index is 671. The summed E-state index contributed by atoms with van der Waals surface area (Å²) in [5.41, 5.74) is 0. The monoisotopic (exact) mass is 360 g/mol. The first-order chi connectivity index (χ1) is 12.0. The van der Waals surface area contributed by atoms with Gasteiger partial charge in [-0.2, -0.15) is 0 Å². The van der Waals surface area contributed by atoms with Gasteiger partial charge in [-0.3, -0.25) is 9.59 Å². The maximum Gasteiger partial charge on any atom is 0.258 e. The van der Waals surface area contributed by atoms with Crippen LogP contribution in [0.15, 0.2) is 47.8 Å². The van der Waals surface area contributed by atoms with Crippen molar-refractivity contribution >= 4 is 23.2 Å². The van der Waals surface area contributed by atoms with Crippen molar-refractivity contribution < 1.29 is 14.3 Å². The van der Waals surface area contributed by atoms with Crippen LogP contribution in [0.2, 0.25) is 0 Å². The topological polar surface area (TPSA) is 58.6 Å². The Balaban J connectivity index is 1.90. The van der Waals surface area contributed by atoms with E-state index in [0.717, 1.165) is 4.88 Å². The van der Waals surface area contributed by atoms with Gasteiger partial charge >= 0.3 is 0 Å². The SMILES string of the molecule is CC(C)C(NC(=O)COc1ccccc1)C(=O)N(C)Cc1cccs1. The molecule has 1 aromatic carbocycles. The molecule has 25 heavy (non-hydrogen) atoms. The Morgan fingerprint density at radius 2 is 1.88 bits per heavy atom. The second-order valence-electron chi connectivity index (χ2n) is 6.16. The molecule has 0 saturated carbocycles. The summed E-state index contributed by atoms with van der Waals surface area (Å²) >= 11 is 1.61. The number of ether oxygens (including phenoxy) is 1. The normalized spacial score (nSPS) is 11.8. The van der Waals surface area contributed by atoms with Crippen LogP contribution in [0.25, 0.3) is 0 Å². The van der Waals surface area contributed by atoms with E-state index >= 15 is 0 Å². The van der Waals surface area contributed by atoms with Crippen molar-refractivity contribution in [2.45, 2.75) is 26.4 Å². The number of hydrogen-bond acceptors (Lipinski definition) is 4. The molecule has 1 heterocycles. The van der Waals surface area contributed by atoms with Gasteiger partial charge in [-0.15, -0.1) is 11.3 Å². The lowest BCUT2D eigenvalue weighted by molar-refractivity contribution is -0.137. The molecule has 2 amide bonds. The predicted molar refractivity (Wildman–Crippen MR) is 99.5 cm³/mol. The smallest absolute Gasteiger partial charge is 0.258 e. The van der Waals surface area contributed by atoms with Crippen molar-refractivity contribution in [3.05, 3.63) is 52.7 Å². The van der Waals surface area contributed by atoms with Gasteiger partial charge in [0.25, 0.3) is 5.91 Å². The van der Waals surface area contributed by atoms with E-state index in [9.17, 15) is 9.59 Å². The molecule has 0 spiro atoms. The first-order valence-electron chi connectivity index (χ1n) is 8.22. The molecule has 0 aliphatic heterocycles. The summed E-state index contributed by atoms with van der Waals surface area (Å²) in [6, 6.07) is 12.5. The van der Waals surface area contributed by atoms with Crippen LogP contribution in [0.3, 0.4) is 0 Å². The van der Waals surface area contributed by atoms with E-state index < -0.39 is 6.04 Å². The summed E-state index contributed by atoms with van der Waals surface area (Å²) in [5, 5.41) is 4.78. The van der Waals surface area contributed by atoms with Crippen molar-refractivity contribution in [3.8, 4) is 5.75 Å². The lowest BCUT2D eigenvalue weighted by Crippen LogP contribution is -2.51. The largest absolute Gasteiger partial charge is 0.484 e. The lowest BCUT2D eigenvalue weighted by atomic mass is 10.0. The fraction of sp³-hybridized carbons (Fsp3) is 0.368. The minimum Gasteiger partial charge on any atom is -0.484 e. The number of hydrogen-bond donors (Lipinski definition) is 1. The Hall–Kier alpha value is -2.34. The summed E-state index contributed by atoms with van der Waals surface area (Å²) < 4.78 is 5.44. The maximum absolute atomic E-state index is 12.7. The number of nitrogens with zero attached hydrogens (tertiary/aromatic N) is 1. The van der Waals surface area contributed by atoms with Crippen molar-refractivity contribution in [2.75, 3.05) is 13.7 Å². The molecule has 0 saturated heterocycles. The highest BCUT2D eigenvalue weighted by Crippen LogP contribution is 2.13. The van der Waals surface area contributed by atoms with Crippen molar-refractivity contribution in [3.63, 3.8) is 0 Å². The molecule has 0 bridgehead atoms. The van der Waals surface area contributed by atoms with Crippen molar-refractivity contribution in [2.24, 2.45) is 5.92 Å². The van der Waals surface area contributed by atoms with E-state index in [1.807, 2.05) is 49.6 Å². The molecule has 1 unspecified atom stereocenters. The zero-order valence-electron chi connectivity index (χ0n) is 14.8. The Labute approximate surface area is 152 Å². The van der Waals surface area contributed by atoms with Crippen LogP contribution < -0.4 is 10.1 Å². The number of nitrogens with one attached hydrogen (secondary N) is 1. The number of thiophene rings is 1. The van der Waals surface area contributed by atoms with Crippen LogP contribution in [0.1, 0.15) is 18.7 Å². The van der Waals surface area contributed by atoms with E-state index in [1.165, 1.54) is 0 Å². The average Bonchev–Trinajstić information content (AvgIpc) is 3.11. The van der Waals surface area contributed by atoms with Gasteiger partial charge in [0.2, 0.25) is 5.91 Å². The minimum absolute atomic E-state index is 0.0149. The second-order valence-corrected chi connectivity index (χ2v) is 7.20. The van der Waals surface area contributed by atoms with Gasteiger partial charge in [-0.1, -0.05) is 38.1 Å². The summed E-state index contributed by atoms with van der Waals surface area (Å²) in [6.07, 6.45) is 0. The molecular formula is C19H24N2O3S. The van der Waals surface area contributed by atoms with E-state index in [4.69, 9.17) is 4.74 Å². The zero-order valence-corrected chi connectivity index (χ0v) is 15.6. The van der Waals surface area contributed by atoms with E-state index in [1.54, 1.807) is 35.4 Å². The summed E-state index contributed by atoms with van der Waals surface area (Å²) in [5.74, 6) is 0.204. The van der Waals surface area contributed by atoms with Gasteiger partial charge in [0.05, 0.1) is 6.54 Å². The first-order valence-corrected chi connectivity index (χ1v) is 9.10. The molecule has 0 fully saturated rings. The highest BCUT2D eigenvalue weighted by molar-refractivity contribution is 7.09. The lowest BCUT2D eigenvalue weighted by Gasteiger charge is -2.26. The zero-order chi connectivity index (χ0) is 18.2. The van der Waals surface area contributed by atoms with Crippen LogP contribution >= 0.6 is 11.3 Å². The third-order valence-corrected chi connectivity index (χ3v) is 4.57. The van der Waals surface area contributed by atoms with Crippen molar-refractivity contribution in [1.29, 1.82) is 0 Å². The highest BCUT2D eigenvalue weighted by atomic mass is 32.1. The molecule has 134 valence electrons. The number of rotatable bonds is 8. The predicted octanol–water partition coefficient (Wildman–Crippen LogP) is 2.93. The molecule has 0 radical (unpaired) electrons. The van der Waals surface area contributed by atoms with Crippen LogP contribution in [0.5, 0.6) is 5.75 Å².